The summed E-state index contributed by atoms with van der Waals surface area (Å²) >= 11 is 8.75. The SMILES string of the molecule is C/C(=C\Br)CC([S-])CCc1ccccc1. The summed E-state index contributed by atoms with van der Waals surface area (Å²) in [5, 5.41) is 0.346. The maximum Gasteiger partial charge on any atom is -0.0200 e. The molecule has 0 bridgehead atoms. The molecule has 0 amide bonds. The van der Waals surface area contributed by atoms with Crippen LogP contribution in [0.3, 0.4) is 0 Å². The fourth-order valence-electron chi connectivity index (χ4n) is 1.48. The quantitative estimate of drug-likeness (QED) is 0.729. The molecule has 1 rings (SSSR count). The van der Waals surface area contributed by atoms with E-state index in [0.29, 0.717) is 5.25 Å². The normalized spacial score (nSPS) is 13.9. The molecule has 0 saturated heterocycles. The van der Waals surface area contributed by atoms with Gasteiger partial charge in [-0.1, -0.05) is 64.7 Å². The van der Waals surface area contributed by atoms with Gasteiger partial charge >= 0.3 is 0 Å². The van der Waals surface area contributed by atoms with Crippen molar-refractivity contribution in [2.45, 2.75) is 31.4 Å². The third-order valence-electron chi connectivity index (χ3n) is 2.33. The van der Waals surface area contributed by atoms with Crippen molar-refractivity contribution in [1.82, 2.24) is 0 Å². The van der Waals surface area contributed by atoms with Gasteiger partial charge in [0.25, 0.3) is 0 Å². The van der Waals surface area contributed by atoms with Crippen LogP contribution in [0.4, 0.5) is 0 Å². The van der Waals surface area contributed by atoms with Crippen molar-refractivity contribution >= 4 is 28.6 Å². The van der Waals surface area contributed by atoms with Crippen molar-refractivity contribution < 1.29 is 0 Å². The zero-order valence-electron chi connectivity index (χ0n) is 8.95. The highest BCUT2D eigenvalue weighted by molar-refractivity contribution is 9.11. The Morgan fingerprint density at radius 2 is 2.07 bits per heavy atom. The van der Waals surface area contributed by atoms with E-state index in [4.69, 9.17) is 12.6 Å². The Hall–Kier alpha value is -0.210. The first kappa shape index (κ1) is 12.9. The van der Waals surface area contributed by atoms with E-state index >= 15 is 0 Å². The van der Waals surface area contributed by atoms with Gasteiger partial charge in [-0.25, -0.2) is 0 Å². The molecule has 0 N–H and O–H groups in total. The van der Waals surface area contributed by atoms with Crippen LogP contribution >= 0.6 is 15.9 Å². The van der Waals surface area contributed by atoms with Gasteiger partial charge < -0.3 is 12.6 Å². The molecule has 0 radical (unpaired) electrons. The van der Waals surface area contributed by atoms with Gasteiger partial charge in [0.2, 0.25) is 0 Å². The summed E-state index contributed by atoms with van der Waals surface area (Å²) < 4.78 is 0. The minimum Gasteiger partial charge on any atom is -0.789 e. The van der Waals surface area contributed by atoms with E-state index in [-0.39, 0.29) is 0 Å². The number of hydrogen-bond acceptors (Lipinski definition) is 1. The second kappa shape index (κ2) is 7.13. The average molecular weight is 284 g/mol. The maximum absolute atomic E-state index is 5.42. The van der Waals surface area contributed by atoms with Crippen LogP contribution in [0.25, 0.3) is 0 Å². The summed E-state index contributed by atoms with van der Waals surface area (Å²) in [7, 11) is 0. The Morgan fingerprint density at radius 1 is 1.40 bits per heavy atom. The highest BCUT2D eigenvalue weighted by Gasteiger charge is 1.97. The molecule has 1 aromatic rings. The van der Waals surface area contributed by atoms with Crippen LogP contribution in [0.5, 0.6) is 0 Å². The van der Waals surface area contributed by atoms with Crippen LogP contribution in [0.15, 0.2) is 40.9 Å². The van der Waals surface area contributed by atoms with Gasteiger partial charge in [0, 0.05) is 0 Å². The lowest BCUT2D eigenvalue weighted by molar-refractivity contribution is 0.751. The van der Waals surface area contributed by atoms with Gasteiger partial charge in [0.1, 0.15) is 0 Å². The molecule has 0 spiro atoms. The lowest BCUT2D eigenvalue weighted by Crippen LogP contribution is -2.05. The monoisotopic (exact) mass is 283 g/mol. The molecular weight excluding hydrogens is 268 g/mol. The molecule has 15 heavy (non-hydrogen) atoms. The summed E-state index contributed by atoms with van der Waals surface area (Å²) in [6.07, 6.45) is 3.18. The number of rotatable bonds is 5. The van der Waals surface area contributed by atoms with Crippen LogP contribution in [-0.2, 0) is 19.0 Å². The van der Waals surface area contributed by atoms with Gasteiger partial charge in [0.05, 0.1) is 0 Å². The summed E-state index contributed by atoms with van der Waals surface area (Å²) in [4.78, 5) is 1.97. The maximum atomic E-state index is 5.42. The predicted octanol–water partition coefficient (Wildman–Crippen LogP) is 4.22. The molecule has 0 aliphatic heterocycles. The minimum absolute atomic E-state index is 0.346. The van der Waals surface area contributed by atoms with Gasteiger partial charge in [0.15, 0.2) is 0 Å². The van der Waals surface area contributed by atoms with Crippen molar-refractivity contribution in [3.8, 4) is 0 Å². The number of halogens is 1. The minimum atomic E-state index is 0.346. The molecule has 0 saturated carbocycles. The van der Waals surface area contributed by atoms with Crippen molar-refractivity contribution in [2.75, 3.05) is 0 Å². The molecule has 1 unspecified atom stereocenters. The van der Waals surface area contributed by atoms with Crippen molar-refractivity contribution in [3.63, 3.8) is 0 Å². The summed E-state index contributed by atoms with van der Waals surface area (Å²) in [6.45, 7) is 2.11. The van der Waals surface area contributed by atoms with Gasteiger partial charge in [-0.3, -0.25) is 0 Å². The molecule has 1 aromatic carbocycles. The van der Waals surface area contributed by atoms with E-state index in [1.165, 1.54) is 11.1 Å². The first-order chi connectivity index (χ1) is 7.22. The van der Waals surface area contributed by atoms with Gasteiger partial charge in [-0.05, 0) is 23.9 Å². The highest BCUT2D eigenvalue weighted by atomic mass is 79.9. The van der Waals surface area contributed by atoms with Crippen LogP contribution in [0.2, 0.25) is 0 Å². The van der Waals surface area contributed by atoms with E-state index in [1.807, 2.05) is 11.1 Å². The van der Waals surface area contributed by atoms with Crippen LogP contribution < -0.4 is 0 Å². The number of aryl methyl sites for hydroxylation is 1. The lowest BCUT2D eigenvalue weighted by Gasteiger charge is -2.22. The molecule has 2 heteroatoms. The van der Waals surface area contributed by atoms with Gasteiger partial charge in [-0.2, -0.15) is 5.25 Å². The third-order valence-corrected chi connectivity index (χ3v) is 3.52. The molecular formula is C13H16BrS-. The fourth-order valence-corrected chi connectivity index (χ4v) is 2.05. The average Bonchev–Trinajstić information content (AvgIpc) is 2.27. The topological polar surface area (TPSA) is 0 Å². The van der Waals surface area contributed by atoms with E-state index < -0.39 is 0 Å². The van der Waals surface area contributed by atoms with Crippen LogP contribution in [0, 0.1) is 0 Å². The lowest BCUT2D eigenvalue weighted by atomic mass is 10.0. The largest absolute Gasteiger partial charge is 0.789 e. The Balaban J connectivity index is 2.31. The summed E-state index contributed by atoms with van der Waals surface area (Å²) in [5.74, 6) is 0. The van der Waals surface area contributed by atoms with Crippen molar-refractivity contribution in [3.05, 3.63) is 46.5 Å². The van der Waals surface area contributed by atoms with E-state index in [0.717, 1.165) is 19.3 Å². The molecule has 1 atom stereocenters. The summed E-state index contributed by atoms with van der Waals surface area (Å²) in [6, 6.07) is 10.5. The predicted molar refractivity (Wildman–Crippen MR) is 73.2 cm³/mol. The standard InChI is InChI=1S/C13H17BrS/c1-11(10-14)9-13(15)8-7-12-5-3-2-4-6-12/h2-6,10,13,15H,7-9H2,1H3/p-1/b11-10+. The zero-order valence-corrected chi connectivity index (χ0v) is 11.4. The molecule has 0 nitrogen and oxygen atoms in total. The van der Waals surface area contributed by atoms with Gasteiger partial charge in [-0.15, -0.1) is 0 Å². The highest BCUT2D eigenvalue weighted by Crippen LogP contribution is 2.13. The van der Waals surface area contributed by atoms with E-state index in [2.05, 4.69) is 47.1 Å². The van der Waals surface area contributed by atoms with Crippen LogP contribution in [0.1, 0.15) is 25.3 Å². The molecule has 0 aliphatic carbocycles. The molecule has 0 aliphatic rings. The van der Waals surface area contributed by atoms with Crippen LogP contribution in [-0.4, -0.2) is 5.25 Å². The second-order valence-corrected chi connectivity index (χ2v) is 4.93. The Labute approximate surface area is 106 Å². The second-order valence-electron chi connectivity index (χ2n) is 3.81. The Bertz CT molecular complexity index is 306. The molecule has 0 heterocycles. The first-order valence-corrected chi connectivity index (χ1v) is 6.56. The smallest absolute Gasteiger partial charge is 0.0200 e. The number of benzene rings is 1. The first-order valence-electron chi connectivity index (χ1n) is 5.18. The van der Waals surface area contributed by atoms with Crippen molar-refractivity contribution in [1.29, 1.82) is 0 Å². The third kappa shape index (κ3) is 5.43. The van der Waals surface area contributed by atoms with E-state index in [9.17, 15) is 0 Å². The molecule has 0 aromatic heterocycles. The number of hydrogen-bond donors (Lipinski definition) is 0. The molecule has 82 valence electrons. The zero-order chi connectivity index (χ0) is 11.1. The fraction of sp³-hybridized carbons (Fsp3) is 0.385. The summed E-state index contributed by atoms with van der Waals surface area (Å²) in [5.41, 5.74) is 2.70. The van der Waals surface area contributed by atoms with E-state index in [1.54, 1.807) is 0 Å². The molecule has 0 fully saturated rings. The number of allylic oxidation sites excluding steroid dienone is 1. The Kier molecular flexibility index (Phi) is 6.11. The Morgan fingerprint density at radius 3 is 2.67 bits per heavy atom. The van der Waals surface area contributed by atoms with Crippen molar-refractivity contribution in [2.24, 2.45) is 0 Å².